The maximum absolute atomic E-state index is 13.1. The number of nitrogens with one attached hydrogen (secondary N) is 2. The molecular formula is C29H29ClN8OS. The van der Waals surface area contributed by atoms with Gasteiger partial charge in [0.2, 0.25) is 5.82 Å². The number of carbonyl (C=O) groups is 1. The number of halogens is 1. The molecule has 1 amide bonds. The molecule has 9 nitrogen and oxygen atoms in total. The van der Waals surface area contributed by atoms with E-state index in [4.69, 9.17) is 22.3 Å². The Labute approximate surface area is 241 Å². The number of anilines is 3. The third kappa shape index (κ3) is 5.71. The SMILES string of the molecule is CN1CCN(Cc2cc(Cl)ccc2NCc2nc(NC(=O)c3nc(N)c4sccc4n3)cc3ccccc23)CC1. The van der Waals surface area contributed by atoms with Crippen molar-refractivity contribution in [3.63, 3.8) is 0 Å². The van der Waals surface area contributed by atoms with Gasteiger partial charge >= 0.3 is 0 Å². The molecule has 40 heavy (non-hydrogen) atoms. The fourth-order valence-electron chi connectivity index (χ4n) is 4.92. The normalized spacial score (nSPS) is 14.6. The molecule has 204 valence electrons. The predicted molar refractivity (Wildman–Crippen MR) is 163 cm³/mol. The molecule has 0 aliphatic carbocycles. The van der Waals surface area contributed by atoms with Crippen molar-refractivity contribution in [1.82, 2.24) is 24.8 Å². The van der Waals surface area contributed by atoms with Gasteiger partial charge in [0.05, 0.1) is 22.5 Å². The van der Waals surface area contributed by atoms with Crippen molar-refractivity contribution in [2.45, 2.75) is 13.1 Å². The van der Waals surface area contributed by atoms with Gasteiger partial charge in [-0.3, -0.25) is 9.69 Å². The molecule has 1 aliphatic rings. The first-order valence-electron chi connectivity index (χ1n) is 13.1. The summed E-state index contributed by atoms with van der Waals surface area (Å²) in [6, 6.07) is 17.6. The Morgan fingerprint density at radius 1 is 1.05 bits per heavy atom. The molecule has 5 aromatic rings. The molecule has 0 bridgehead atoms. The maximum atomic E-state index is 13.1. The minimum absolute atomic E-state index is 0.00717. The van der Waals surface area contributed by atoms with Gasteiger partial charge in [-0.05, 0) is 53.7 Å². The van der Waals surface area contributed by atoms with Gasteiger partial charge in [-0.15, -0.1) is 11.3 Å². The van der Waals surface area contributed by atoms with Gasteiger partial charge in [-0.2, -0.15) is 0 Å². The van der Waals surface area contributed by atoms with Gasteiger partial charge in [0.15, 0.2) is 0 Å². The van der Waals surface area contributed by atoms with Gasteiger partial charge in [-0.1, -0.05) is 35.9 Å². The number of hydrogen-bond acceptors (Lipinski definition) is 9. The van der Waals surface area contributed by atoms with Crippen LogP contribution in [0.15, 0.2) is 60.0 Å². The second-order valence-electron chi connectivity index (χ2n) is 9.93. The van der Waals surface area contributed by atoms with Crippen LogP contribution in [0.25, 0.3) is 21.0 Å². The molecule has 0 spiro atoms. The first-order valence-corrected chi connectivity index (χ1v) is 14.3. The third-order valence-electron chi connectivity index (χ3n) is 7.10. The Hall–Kier alpha value is -3.83. The number of carbonyl (C=O) groups excluding carboxylic acids is 1. The van der Waals surface area contributed by atoms with E-state index in [-0.39, 0.29) is 11.6 Å². The average Bonchev–Trinajstić information content (AvgIpc) is 3.43. The number of fused-ring (bicyclic) bond motifs is 2. The van der Waals surface area contributed by atoms with Crippen LogP contribution in [0.4, 0.5) is 17.3 Å². The van der Waals surface area contributed by atoms with Crippen LogP contribution in [0.3, 0.4) is 0 Å². The zero-order valence-corrected chi connectivity index (χ0v) is 23.6. The molecule has 0 radical (unpaired) electrons. The molecule has 1 aliphatic heterocycles. The molecule has 0 atom stereocenters. The van der Waals surface area contributed by atoms with E-state index in [2.05, 4.69) is 37.4 Å². The molecule has 6 rings (SSSR count). The average molecular weight is 573 g/mol. The molecule has 1 saturated heterocycles. The van der Waals surface area contributed by atoms with Gasteiger partial charge < -0.3 is 21.3 Å². The first kappa shape index (κ1) is 26.4. The van der Waals surface area contributed by atoms with Crippen LogP contribution in [0, 0.1) is 0 Å². The van der Waals surface area contributed by atoms with Gasteiger partial charge in [0, 0.05) is 48.8 Å². The van der Waals surface area contributed by atoms with Gasteiger partial charge in [-0.25, -0.2) is 15.0 Å². The fraction of sp³-hybridized carbons (Fsp3) is 0.241. The lowest BCUT2D eigenvalue weighted by atomic mass is 10.1. The van der Waals surface area contributed by atoms with Crippen LogP contribution < -0.4 is 16.4 Å². The van der Waals surface area contributed by atoms with Crippen molar-refractivity contribution < 1.29 is 4.79 Å². The second-order valence-corrected chi connectivity index (χ2v) is 11.3. The quantitative estimate of drug-likeness (QED) is 0.247. The number of thiophene rings is 1. The number of nitrogen functional groups attached to an aromatic ring is 1. The van der Waals surface area contributed by atoms with Crippen LogP contribution in [-0.2, 0) is 13.1 Å². The van der Waals surface area contributed by atoms with Crippen LogP contribution in [-0.4, -0.2) is 63.9 Å². The van der Waals surface area contributed by atoms with E-state index < -0.39 is 5.91 Å². The summed E-state index contributed by atoms with van der Waals surface area (Å²) >= 11 is 7.83. The summed E-state index contributed by atoms with van der Waals surface area (Å²) in [5.41, 5.74) is 9.66. The van der Waals surface area contributed by atoms with E-state index >= 15 is 0 Å². The summed E-state index contributed by atoms with van der Waals surface area (Å²) in [6.45, 7) is 5.42. The number of rotatable bonds is 7. The smallest absolute Gasteiger partial charge is 0.294 e. The molecule has 4 N–H and O–H groups in total. The van der Waals surface area contributed by atoms with E-state index in [0.717, 1.165) is 65.1 Å². The second kappa shape index (κ2) is 11.3. The standard InChI is InChI=1S/C29H29ClN8OS/c1-37-9-11-38(12-10-37)17-19-14-20(30)6-7-22(19)32-16-24-21-5-3-2-4-18(21)15-25(33-24)35-29(39)28-34-23-8-13-40-26(23)27(31)36-28/h2-8,13-15,32H,9-12,16-17H2,1H3,(H2,31,34,36)(H,33,35,39). The Morgan fingerprint density at radius 2 is 1.88 bits per heavy atom. The van der Waals surface area contributed by atoms with E-state index in [1.807, 2.05) is 60.0 Å². The van der Waals surface area contributed by atoms with Gasteiger partial charge in [0.1, 0.15) is 11.6 Å². The number of aromatic nitrogens is 3. The summed E-state index contributed by atoms with van der Waals surface area (Å²) in [7, 11) is 2.16. The van der Waals surface area contributed by atoms with Crippen molar-refractivity contribution in [3.05, 3.63) is 82.1 Å². The van der Waals surface area contributed by atoms with Gasteiger partial charge in [0.25, 0.3) is 5.91 Å². The third-order valence-corrected chi connectivity index (χ3v) is 8.26. The van der Waals surface area contributed by atoms with E-state index in [1.165, 1.54) is 11.3 Å². The highest BCUT2D eigenvalue weighted by atomic mass is 35.5. The highest BCUT2D eigenvalue weighted by molar-refractivity contribution is 7.17. The maximum Gasteiger partial charge on any atom is 0.294 e. The van der Waals surface area contributed by atoms with E-state index in [9.17, 15) is 4.79 Å². The molecular weight excluding hydrogens is 544 g/mol. The summed E-state index contributed by atoms with van der Waals surface area (Å²) in [6.07, 6.45) is 0. The number of amides is 1. The van der Waals surface area contributed by atoms with Crippen molar-refractivity contribution in [3.8, 4) is 0 Å². The summed E-state index contributed by atoms with van der Waals surface area (Å²) < 4.78 is 0.767. The summed E-state index contributed by atoms with van der Waals surface area (Å²) in [4.78, 5) is 31.3. The number of nitrogens with zero attached hydrogens (tertiary/aromatic N) is 5. The number of pyridine rings is 1. The Balaban J connectivity index is 1.24. The number of benzene rings is 2. The minimum Gasteiger partial charge on any atom is -0.382 e. The Bertz CT molecular complexity index is 1700. The number of piperazine rings is 1. The number of nitrogens with two attached hydrogens (primary N) is 1. The van der Waals surface area contributed by atoms with Crippen LogP contribution in [0.5, 0.6) is 0 Å². The Kier molecular flexibility index (Phi) is 7.48. The molecule has 1 fully saturated rings. The van der Waals surface area contributed by atoms with Crippen LogP contribution >= 0.6 is 22.9 Å². The highest BCUT2D eigenvalue weighted by Crippen LogP contribution is 2.27. The molecule has 0 unspecified atom stereocenters. The largest absolute Gasteiger partial charge is 0.382 e. The monoisotopic (exact) mass is 572 g/mol. The topological polar surface area (TPSA) is 112 Å². The fourth-order valence-corrected chi connectivity index (χ4v) is 5.85. The molecule has 11 heteroatoms. The van der Waals surface area contributed by atoms with Crippen molar-refractivity contribution >= 4 is 67.2 Å². The van der Waals surface area contributed by atoms with E-state index in [0.29, 0.717) is 22.9 Å². The van der Waals surface area contributed by atoms with Crippen molar-refractivity contribution in [1.29, 1.82) is 0 Å². The molecule has 3 aromatic heterocycles. The van der Waals surface area contributed by atoms with Crippen LogP contribution in [0.1, 0.15) is 21.9 Å². The zero-order chi connectivity index (χ0) is 27.6. The summed E-state index contributed by atoms with van der Waals surface area (Å²) in [5, 5.41) is 11.0. The van der Waals surface area contributed by atoms with Crippen LogP contribution in [0.2, 0.25) is 5.02 Å². The molecule has 2 aromatic carbocycles. The molecule has 4 heterocycles. The lowest BCUT2D eigenvalue weighted by molar-refractivity contribution is 0.101. The highest BCUT2D eigenvalue weighted by Gasteiger charge is 2.18. The van der Waals surface area contributed by atoms with Crippen molar-refractivity contribution in [2.75, 3.05) is 49.6 Å². The predicted octanol–water partition coefficient (Wildman–Crippen LogP) is 5.09. The lowest BCUT2D eigenvalue weighted by Gasteiger charge is -2.32. The Morgan fingerprint density at radius 3 is 2.73 bits per heavy atom. The minimum atomic E-state index is -0.464. The lowest BCUT2D eigenvalue weighted by Crippen LogP contribution is -2.43. The molecule has 0 saturated carbocycles. The van der Waals surface area contributed by atoms with Crippen molar-refractivity contribution in [2.24, 2.45) is 0 Å². The summed E-state index contributed by atoms with van der Waals surface area (Å²) in [5.74, 6) is 0.250. The zero-order valence-electron chi connectivity index (χ0n) is 22.0. The number of hydrogen-bond donors (Lipinski definition) is 3. The van der Waals surface area contributed by atoms with E-state index in [1.54, 1.807) is 0 Å². The number of likely N-dealkylation sites (N-methyl/N-ethyl adjacent to an activating group) is 1. The first-order chi connectivity index (χ1) is 19.4.